The Kier molecular flexibility index (Phi) is 4.18. The van der Waals surface area contributed by atoms with E-state index < -0.39 is 0 Å². The molecular formula is C20H26N2O3. The van der Waals surface area contributed by atoms with E-state index in [9.17, 15) is 9.59 Å². The maximum Gasteiger partial charge on any atom is 0.263 e. The van der Waals surface area contributed by atoms with Crippen molar-refractivity contribution in [3.63, 3.8) is 0 Å². The van der Waals surface area contributed by atoms with Crippen LogP contribution in [0.5, 0.6) is 5.75 Å². The summed E-state index contributed by atoms with van der Waals surface area (Å²) in [5.74, 6) is 1.23. The third-order valence-corrected chi connectivity index (χ3v) is 6.12. The summed E-state index contributed by atoms with van der Waals surface area (Å²) < 4.78 is 5.96. The summed E-state index contributed by atoms with van der Waals surface area (Å²) in [4.78, 5) is 28.9. The predicted molar refractivity (Wildman–Crippen MR) is 94.3 cm³/mol. The van der Waals surface area contributed by atoms with E-state index in [-0.39, 0.29) is 23.3 Å². The van der Waals surface area contributed by atoms with Gasteiger partial charge in [-0.3, -0.25) is 9.59 Å². The van der Waals surface area contributed by atoms with E-state index in [0.717, 1.165) is 57.6 Å². The molecule has 5 nitrogen and oxygen atoms in total. The van der Waals surface area contributed by atoms with Crippen molar-refractivity contribution in [3.8, 4) is 5.75 Å². The van der Waals surface area contributed by atoms with Crippen LogP contribution in [-0.2, 0) is 16.0 Å². The number of rotatable bonds is 2. The molecule has 1 aromatic rings. The molecule has 0 unspecified atom stereocenters. The zero-order chi connectivity index (χ0) is 17.4. The normalized spacial score (nSPS) is 25.0. The van der Waals surface area contributed by atoms with Gasteiger partial charge in [0.1, 0.15) is 5.75 Å². The van der Waals surface area contributed by atoms with Crippen molar-refractivity contribution in [2.24, 2.45) is 5.41 Å². The Morgan fingerprint density at radius 1 is 1.28 bits per heavy atom. The van der Waals surface area contributed by atoms with Crippen LogP contribution in [-0.4, -0.2) is 53.9 Å². The van der Waals surface area contributed by atoms with Crippen molar-refractivity contribution in [1.82, 2.24) is 9.80 Å². The lowest BCUT2D eigenvalue weighted by atomic mass is 9.77. The van der Waals surface area contributed by atoms with Crippen LogP contribution < -0.4 is 4.74 Å². The Hall–Kier alpha value is -2.04. The number of ether oxygens (including phenoxy) is 1. The molecule has 5 heteroatoms. The van der Waals surface area contributed by atoms with E-state index in [1.807, 2.05) is 34.9 Å². The molecule has 0 saturated carbocycles. The number of carbonyl (C=O) groups is 2. The zero-order valence-corrected chi connectivity index (χ0v) is 14.9. The molecule has 2 amide bonds. The molecule has 1 spiro atoms. The second-order valence-corrected chi connectivity index (χ2v) is 7.66. The van der Waals surface area contributed by atoms with E-state index in [1.54, 1.807) is 0 Å². The third kappa shape index (κ3) is 3.00. The number of nitrogens with zero attached hydrogens (tertiary/aromatic N) is 2. The fourth-order valence-corrected chi connectivity index (χ4v) is 4.51. The highest BCUT2D eigenvalue weighted by atomic mass is 16.5. The molecule has 0 aromatic heterocycles. The molecule has 0 radical (unpaired) electrons. The van der Waals surface area contributed by atoms with E-state index in [1.165, 1.54) is 5.56 Å². The average molecular weight is 342 g/mol. The lowest BCUT2D eigenvalue weighted by Crippen LogP contribution is -2.49. The summed E-state index contributed by atoms with van der Waals surface area (Å²) in [7, 11) is 0. The van der Waals surface area contributed by atoms with Gasteiger partial charge in [-0.15, -0.1) is 0 Å². The van der Waals surface area contributed by atoms with Gasteiger partial charge in [0.15, 0.2) is 6.10 Å². The first kappa shape index (κ1) is 16.4. The fourth-order valence-electron chi connectivity index (χ4n) is 4.51. The van der Waals surface area contributed by atoms with Gasteiger partial charge >= 0.3 is 0 Å². The summed E-state index contributed by atoms with van der Waals surface area (Å²) in [6, 6.07) is 7.98. The molecule has 1 aromatic carbocycles. The quantitative estimate of drug-likeness (QED) is 0.828. The molecule has 3 aliphatic rings. The van der Waals surface area contributed by atoms with Crippen LogP contribution in [0.25, 0.3) is 0 Å². The number of piperidine rings is 1. The lowest BCUT2D eigenvalue weighted by Gasteiger charge is -2.40. The number of carbonyl (C=O) groups excluding carboxylic acids is 2. The first-order chi connectivity index (χ1) is 12.1. The highest BCUT2D eigenvalue weighted by Gasteiger charge is 2.45. The minimum Gasteiger partial charge on any atom is -0.480 e. The number of amides is 2. The lowest BCUT2D eigenvalue weighted by molar-refractivity contribution is -0.141. The fraction of sp³-hybridized carbons (Fsp3) is 0.600. The van der Waals surface area contributed by atoms with Crippen LogP contribution in [0.3, 0.4) is 0 Å². The monoisotopic (exact) mass is 342 g/mol. The van der Waals surface area contributed by atoms with Crippen LogP contribution in [0.15, 0.2) is 24.3 Å². The van der Waals surface area contributed by atoms with Crippen molar-refractivity contribution in [2.45, 2.75) is 45.1 Å². The van der Waals surface area contributed by atoms with E-state index >= 15 is 0 Å². The number of hydrogen-bond donors (Lipinski definition) is 0. The summed E-state index contributed by atoms with van der Waals surface area (Å²) in [6.07, 6.45) is 3.77. The standard InChI is InChI=1S/C20H26N2O3/c1-2-21-14-20(13-18(21)23)9-11-22(12-10-20)19(24)17-8-7-15-5-3-4-6-16(15)25-17/h3-6,17H,2,7-14H2,1H3/t17-/m1/s1. The summed E-state index contributed by atoms with van der Waals surface area (Å²) in [6.45, 7) is 5.17. The van der Waals surface area contributed by atoms with E-state index in [2.05, 4.69) is 6.07 Å². The van der Waals surface area contributed by atoms with Gasteiger partial charge in [0, 0.05) is 38.0 Å². The van der Waals surface area contributed by atoms with Crippen molar-refractivity contribution in [3.05, 3.63) is 29.8 Å². The van der Waals surface area contributed by atoms with Crippen LogP contribution in [0.2, 0.25) is 0 Å². The maximum atomic E-state index is 12.9. The number of hydrogen-bond acceptors (Lipinski definition) is 3. The van der Waals surface area contributed by atoms with Crippen molar-refractivity contribution >= 4 is 11.8 Å². The molecule has 134 valence electrons. The van der Waals surface area contributed by atoms with Gasteiger partial charge in [-0.2, -0.15) is 0 Å². The van der Waals surface area contributed by atoms with Crippen LogP contribution in [0.4, 0.5) is 0 Å². The molecule has 25 heavy (non-hydrogen) atoms. The Morgan fingerprint density at radius 2 is 2.04 bits per heavy atom. The maximum absolute atomic E-state index is 12.9. The van der Waals surface area contributed by atoms with Gasteiger partial charge in [0.2, 0.25) is 5.91 Å². The summed E-state index contributed by atoms with van der Waals surface area (Å²) in [5.41, 5.74) is 1.28. The molecule has 0 bridgehead atoms. The smallest absolute Gasteiger partial charge is 0.263 e. The zero-order valence-electron chi connectivity index (χ0n) is 14.9. The Morgan fingerprint density at radius 3 is 2.76 bits per heavy atom. The molecule has 2 fully saturated rings. The van der Waals surface area contributed by atoms with Gasteiger partial charge in [-0.05, 0) is 44.2 Å². The molecule has 3 heterocycles. The van der Waals surface area contributed by atoms with Gasteiger partial charge in [-0.25, -0.2) is 0 Å². The van der Waals surface area contributed by atoms with Gasteiger partial charge in [0.05, 0.1) is 0 Å². The Bertz CT molecular complexity index is 679. The van der Waals surface area contributed by atoms with E-state index in [4.69, 9.17) is 4.74 Å². The number of fused-ring (bicyclic) bond motifs is 1. The highest BCUT2D eigenvalue weighted by Crippen LogP contribution is 2.41. The third-order valence-electron chi connectivity index (χ3n) is 6.12. The summed E-state index contributed by atoms with van der Waals surface area (Å²) >= 11 is 0. The van der Waals surface area contributed by atoms with Crippen LogP contribution in [0.1, 0.15) is 38.2 Å². The van der Waals surface area contributed by atoms with Crippen molar-refractivity contribution in [2.75, 3.05) is 26.2 Å². The van der Waals surface area contributed by atoms with Crippen LogP contribution >= 0.6 is 0 Å². The van der Waals surface area contributed by atoms with Gasteiger partial charge < -0.3 is 14.5 Å². The first-order valence-electron chi connectivity index (χ1n) is 9.41. The van der Waals surface area contributed by atoms with Crippen LogP contribution in [0, 0.1) is 5.41 Å². The molecule has 0 N–H and O–H groups in total. The van der Waals surface area contributed by atoms with Gasteiger partial charge in [-0.1, -0.05) is 18.2 Å². The molecule has 2 saturated heterocycles. The number of likely N-dealkylation sites (tertiary alicyclic amines) is 2. The largest absolute Gasteiger partial charge is 0.480 e. The number of benzene rings is 1. The Labute approximate surface area is 148 Å². The average Bonchev–Trinajstić information content (AvgIpc) is 2.96. The van der Waals surface area contributed by atoms with Gasteiger partial charge in [0.25, 0.3) is 5.91 Å². The van der Waals surface area contributed by atoms with E-state index in [0.29, 0.717) is 6.42 Å². The minimum absolute atomic E-state index is 0.0872. The predicted octanol–water partition coefficient (Wildman–Crippen LogP) is 2.24. The topological polar surface area (TPSA) is 49.9 Å². The molecule has 0 aliphatic carbocycles. The second kappa shape index (κ2) is 6.36. The van der Waals surface area contributed by atoms with Crippen molar-refractivity contribution in [1.29, 1.82) is 0 Å². The number of aryl methyl sites for hydroxylation is 1. The van der Waals surface area contributed by atoms with Crippen molar-refractivity contribution < 1.29 is 14.3 Å². The first-order valence-corrected chi connectivity index (χ1v) is 9.41. The highest BCUT2D eigenvalue weighted by molar-refractivity contribution is 5.82. The number of para-hydroxylation sites is 1. The molecule has 4 rings (SSSR count). The molecule has 1 atom stereocenters. The minimum atomic E-state index is -0.360. The Balaban J connectivity index is 1.37. The second-order valence-electron chi connectivity index (χ2n) is 7.66. The molecule has 3 aliphatic heterocycles. The molecular weight excluding hydrogens is 316 g/mol. The SMILES string of the molecule is CCN1CC2(CCN(C(=O)[C@H]3CCc4ccccc4O3)CC2)CC1=O. The summed E-state index contributed by atoms with van der Waals surface area (Å²) in [5, 5.41) is 0.